The van der Waals surface area contributed by atoms with E-state index in [0.29, 0.717) is 24.0 Å². The summed E-state index contributed by atoms with van der Waals surface area (Å²) in [4.78, 5) is 7.03. The van der Waals surface area contributed by atoms with E-state index in [4.69, 9.17) is 17.3 Å². The second-order valence-electron chi connectivity index (χ2n) is 6.30. The van der Waals surface area contributed by atoms with Crippen molar-refractivity contribution in [3.8, 4) is 0 Å². The third kappa shape index (κ3) is 4.97. The molecule has 0 spiro atoms. The highest BCUT2D eigenvalue weighted by Crippen LogP contribution is 2.41. The van der Waals surface area contributed by atoms with Crippen LogP contribution in [0.4, 0.5) is 0 Å². The molecule has 3 unspecified atom stereocenters. The van der Waals surface area contributed by atoms with Crippen LogP contribution in [-0.4, -0.2) is 42.6 Å². The lowest BCUT2D eigenvalue weighted by Gasteiger charge is -2.21. The van der Waals surface area contributed by atoms with E-state index in [2.05, 4.69) is 28.2 Å². The Morgan fingerprint density at radius 3 is 3.04 bits per heavy atom. The van der Waals surface area contributed by atoms with Crippen LogP contribution < -0.4 is 11.1 Å². The van der Waals surface area contributed by atoms with Gasteiger partial charge in [-0.25, -0.2) is 0 Å². The highest BCUT2D eigenvalue weighted by molar-refractivity contribution is 14.0. The molecule has 3 N–H and O–H groups in total. The smallest absolute Gasteiger partial charge is 0.188 e. The van der Waals surface area contributed by atoms with E-state index in [9.17, 15) is 0 Å². The number of hydrogen-bond donors (Lipinski definition) is 2. The normalized spacial score (nSPS) is 27.6. The minimum atomic E-state index is 0. The van der Waals surface area contributed by atoms with Crippen LogP contribution in [0.2, 0.25) is 5.02 Å². The number of likely N-dealkylation sites (N-methyl/N-ethyl adjacent to an activating group) is 1. The van der Waals surface area contributed by atoms with Gasteiger partial charge in [-0.3, -0.25) is 9.89 Å². The highest BCUT2D eigenvalue weighted by atomic mass is 127. The van der Waals surface area contributed by atoms with Crippen LogP contribution in [0.5, 0.6) is 0 Å². The molecule has 4 nitrogen and oxygen atoms in total. The Labute approximate surface area is 160 Å². The molecule has 6 heteroatoms. The fraction of sp³-hybridized carbons (Fsp3) is 0.588. The summed E-state index contributed by atoms with van der Waals surface area (Å²) in [6.45, 7) is 5.32. The van der Waals surface area contributed by atoms with Crippen LogP contribution >= 0.6 is 35.6 Å². The van der Waals surface area contributed by atoms with Crippen molar-refractivity contribution >= 4 is 41.5 Å². The maximum Gasteiger partial charge on any atom is 0.188 e. The Hall–Kier alpha value is -0.530. The molecule has 1 aliphatic carbocycles. The van der Waals surface area contributed by atoms with Crippen molar-refractivity contribution in [1.82, 2.24) is 10.2 Å². The zero-order chi connectivity index (χ0) is 15.5. The van der Waals surface area contributed by atoms with Gasteiger partial charge < -0.3 is 11.1 Å². The van der Waals surface area contributed by atoms with Crippen molar-refractivity contribution in [2.45, 2.75) is 44.2 Å². The Morgan fingerprint density at radius 2 is 2.30 bits per heavy atom. The maximum absolute atomic E-state index is 6.05. The predicted octanol–water partition coefficient (Wildman–Crippen LogP) is 3.20. The van der Waals surface area contributed by atoms with Crippen molar-refractivity contribution in [2.75, 3.05) is 19.6 Å². The zero-order valence-electron chi connectivity index (χ0n) is 13.5. The average Bonchev–Trinajstić information content (AvgIpc) is 3.11. The summed E-state index contributed by atoms with van der Waals surface area (Å²) in [5.74, 6) is 1.09. The third-order valence-electron chi connectivity index (χ3n) is 4.78. The molecule has 1 aromatic carbocycles. The number of nitrogens with one attached hydrogen (secondary N) is 1. The van der Waals surface area contributed by atoms with E-state index in [-0.39, 0.29) is 24.0 Å². The van der Waals surface area contributed by atoms with Gasteiger partial charge in [-0.15, -0.1) is 24.0 Å². The Kier molecular flexibility index (Phi) is 6.98. The molecule has 0 bridgehead atoms. The number of hydrogen-bond acceptors (Lipinski definition) is 2. The number of halogens is 2. The molecule has 2 aliphatic rings. The molecule has 3 atom stereocenters. The van der Waals surface area contributed by atoms with Crippen LogP contribution in [0.1, 0.15) is 37.7 Å². The number of aliphatic imine (C=N–C) groups is 1. The van der Waals surface area contributed by atoms with Crippen LogP contribution in [-0.2, 0) is 0 Å². The van der Waals surface area contributed by atoms with Gasteiger partial charge in [0.15, 0.2) is 5.96 Å². The minimum absolute atomic E-state index is 0. The molecule has 0 radical (unpaired) electrons. The van der Waals surface area contributed by atoms with E-state index in [0.717, 1.165) is 24.5 Å². The first kappa shape index (κ1) is 18.8. The van der Waals surface area contributed by atoms with Gasteiger partial charge in [-0.05, 0) is 50.0 Å². The number of guanidine groups is 1. The summed E-state index contributed by atoms with van der Waals surface area (Å²) in [5, 5.41) is 4.14. The van der Waals surface area contributed by atoms with Crippen molar-refractivity contribution in [1.29, 1.82) is 0 Å². The number of benzene rings is 1. The standard InChI is InChI=1S/C17H25ClN4.HI/c1-2-22-8-4-7-14(22)11-20-17(19)21-16-10-15(16)12-5-3-6-13(18)9-12;/h3,5-6,9,14-16H,2,4,7-8,10-11H2,1H3,(H3,19,20,21);1H. The largest absolute Gasteiger partial charge is 0.370 e. The molecule has 2 fully saturated rings. The molecule has 0 amide bonds. The van der Waals surface area contributed by atoms with E-state index in [1.54, 1.807) is 0 Å². The number of likely N-dealkylation sites (tertiary alicyclic amines) is 1. The summed E-state index contributed by atoms with van der Waals surface area (Å²) in [6, 6.07) is 9.04. The quantitative estimate of drug-likeness (QED) is 0.413. The number of rotatable bonds is 5. The SMILES string of the molecule is CCN1CCCC1CN=C(N)NC1CC1c1cccc(Cl)c1.I. The van der Waals surface area contributed by atoms with Crippen molar-refractivity contribution < 1.29 is 0 Å². The molecule has 128 valence electrons. The monoisotopic (exact) mass is 448 g/mol. The van der Waals surface area contributed by atoms with Gasteiger partial charge in [0.05, 0.1) is 6.54 Å². The van der Waals surface area contributed by atoms with E-state index >= 15 is 0 Å². The maximum atomic E-state index is 6.05. The summed E-state index contributed by atoms with van der Waals surface area (Å²) >= 11 is 6.05. The highest BCUT2D eigenvalue weighted by Gasteiger charge is 2.38. The van der Waals surface area contributed by atoms with Crippen molar-refractivity contribution in [3.05, 3.63) is 34.9 Å². The molecule has 1 heterocycles. The molecule has 1 saturated heterocycles. The van der Waals surface area contributed by atoms with Crippen molar-refractivity contribution in [3.63, 3.8) is 0 Å². The first-order chi connectivity index (χ1) is 10.7. The lowest BCUT2D eigenvalue weighted by molar-refractivity contribution is 0.273. The first-order valence-corrected chi connectivity index (χ1v) is 8.61. The Morgan fingerprint density at radius 1 is 1.48 bits per heavy atom. The molecular formula is C17H26ClIN4. The van der Waals surface area contributed by atoms with Gasteiger partial charge in [0.2, 0.25) is 0 Å². The fourth-order valence-corrected chi connectivity index (χ4v) is 3.62. The summed E-state index contributed by atoms with van der Waals surface area (Å²) < 4.78 is 0. The van der Waals surface area contributed by atoms with Gasteiger partial charge in [-0.2, -0.15) is 0 Å². The van der Waals surface area contributed by atoms with Crippen LogP contribution in [0.15, 0.2) is 29.3 Å². The van der Waals surface area contributed by atoms with Crippen LogP contribution in [0.25, 0.3) is 0 Å². The third-order valence-corrected chi connectivity index (χ3v) is 5.01. The second kappa shape index (κ2) is 8.53. The Balaban J connectivity index is 0.00000192. The summed E-state index contributed by atoms with van der Waals surface area (Å²) in [7, 11) is 0. The topological polar surface area (TPSA) is 53.6 Å². The lowest BCUT2D eigenvalue weighted by Crippen LogP contribution is -2.37. The molecular weight excluding hydrogens is 423 g/mol. The molecule has 1 saturated carbocycles. The minimum Gasteiger partial charge on any atom is -0.370 e. The van der Waals surface area contributed by atoms with Gasteiger partial charge in [0.25, 0.3) is 0 Å². The number of nitrogens with zero attached hydrogens (tertiary/aromatic N) is 2. The molecule has 1 aromatic rings. The van der Waals surface area contributed by atoms with E-state index in [1.165, 1.54) is 24.9 Å². The molecule has 23 heavy (non-hydrogen) atoms. The van der Waals surface area contributed by atoms with Crippen molar-refractivity contribution in [2.24, 2.45) is 10.7 Å². The van der Waals surface area contributed by atoms with Gasteiger partial charge >= 0.3 is 0 Å². The van der Waals surface area contributed by atoms with Gasteiger partial charge in [-0.1, -0.05) is 30.7 Å². The number of nitrogens with two attached hydrogens (primary N) is 1. The molecule has 0 aromatic heterocycles. The van der Waals surface area contributed by atoms with Gasteiger partial charge in [0, 0.05) is 23.0 Å². The second-order valence-corrected chi connectivity index (χ2v) is 6.74. The van der Waals surface area contributed by atoms with Crippen LogP contribution in [0.3, 0.4) is 0 Å². The van der Waals surface area contributed by atoms with E-state index < -0.39 is 0 Å². The fourth-order valence-electron chi connectivity index (χ4n) is 3.42. The van der Waals surface area contributed by atoms with Crippen LogP contribution in [0, 0.1) is 0 Å². The lowest BCUT2D eigenvalue weighted by atomic mass is 10.1. The van der Waals surface area contributed by atoms with Gasteiger partial charge in [0.1, 0.15) is 0 Å². The summed E-state index contributed by atoms with van der Waals surface area (Å²) in [6.07, 6.45) is 3.61. The molecule has 3 rings (SSSR count). The first-order valence-electron chi connectivity index (χ1n) is 8.23. The molecule has 1 aliphatic heterocycles. The zero-order valence-corrected chi connectivity index (χ0v) is 16.6. The summed E-state index contributed by atoms with van der Waals surface area (Å²) in [5.41, 5.74) is 7.33. The predicted molar refractivity (Wildman–Crippen MR) is 108 cm³/mol. The van der Waals surface area contributed by atoms with E-state index in [1.807, 2.05) is 18.2 Å². The average molecular weight is 449 g/mol. The Bertz CT molecular complexity index is 551.